The van der Waals surface area contributed by atoms with Crippen LogP contribution in [-0.2, 0) is 9.53 Å². The fourth-order valence-electron chi connectivity index (χ4n) is 4.78. The molecule has 0 radical (unpaired) electrons. The van der Waals surface area contributed by atoms with Gasteiger partial charge in [-0.25, -0.2) is 4.79 Å². The lowest BCUT2D eigenvalue weighted by molar-refractivity contribution is -0.142. The lowest BCUT2D eigenvalue weighted by Gasteiger charge is -2.18. The first-order chi connectivity index (χ1) is 14.1. The molecule has 29 heavy (non-hydrogen) atoms. The van der Waals surface area contributed by atoms with Crippen LogP contribution in [0, 0.1) is 11.8 Å². The second-order valence-electron chi connectivity index (χ2n) is 8.13. The highest BCUT2D eigenvalue weighted by Crippen LogP contribution is 2.44. The first-order valence-corrected chi connectivity index (χ1v) is 10.4. The first-order valence-electron chi connectivity index (χ1n) is 10.4. The number of carbonyl (C=O) groups excluding carboxylic acids is 1. The number of fused-ring (bicyclic) bond motifs is 3. The third-order valence-electron chi connectivity index (χ3n) is 6.28. The second-order valence-corrected chi connectivity index (χ2v) is 8.13. The number of carboxylic acid groups (broad SMARTS) is 1. The van der Waals surface area contributed by atoms with Crippen LogP contribution in [-0.4, -0.2) is 30.3 Å². The van der Waals surface area contributed by atoms with Crippen molar-refractivity contribution in [3.63, 3.8) is 0 Å². The van der Waals surface area contributed by atoms with Gasteiger partial charge in [0, 0.05) is 12.5 Å². The Bertz CT molecular complexity index is 842. The molecule has 0 aromatic heterocycles. The van der Waals surface area contributed by atoms with Crippen LogP contribution in [0.1, 0.15) is 49.1 Å². The summed E-state index contributed by atoms with van der Waals surface area (Å²) in [5, 5.41) is 12.1. The van der Waals surface area contributed by atoms with Crippen LogP contribution in [0.25, 0.3) is 11.1 Å². The van der Waals surface area contributed by atoms with Crippen molar-refractivity contribution >= 4 is 12.1 Å². The fraction of sp³-hybridized carbons (Fsp3) is 0.417. The number of benzene rings is 2. The molecular weight excluding hydrogens is 366 g/mol. The van der Waals surface area contributed by atoms with Crippen molar-refractivity contribution in [1.82, 2.24) is 5.32 Å². The first kappa shape index (κ1) is 19.5. The number of hydrogen-bond donors (Lipinski definition) is 2. The maximum absolute atomic E-state index is 12.3. The maximum atomic E-state index is 12.3. The van der Waals surface area contributed by atoms with Gasteiger partial charge in [0.25, 0.3) is 0 Å². The number of alkyl carbamates (subject to hydrolysis) is 1. The number of ether oxygens (including phenoxy) is 1. The summed E-state index contributed by atoms with van der Waals surface area (Å²) in [6.07, 6.45) is 4.61. The van der Waals surface area contributed by atoms with Gasteiger partial charge in [0.1, 0.15) is 6.61 Å². The molecule has 2 N–H and O–H groups in total. The molecule has 1 fully saturated rings. The summed E-state index contributed by atoms with van der Waals surface area (Å²) >= 11 is 0. The summed E-state index contributed by atoms with van der Waals surface area (Å²) < 4.78 is 5.50. The highest BCUT2D eigenvalue weighted by atomic mass is 16.5. The molecule has 4 rings (SSSR count). The Labute approximate surface area is 171 Å². The SMILES string of the molecule is O=C(NC[C@H](CC1CCCC1)C(=O)O)OCC1c2ccccc2-c2ccccc21. The van der Waals surface area contributed by atoms with Crippen molar-refractivity contribution in [2.75, 3.05) is 13.2 Å². The van der Waals surface area contributed by atoms with E-state index in [9.17, 15) is 14.7 Å². The highest BCUT2D eigenvalue weighted by molar-refractivity contribution is 5.79. The van der Waals surface area contributed by atoms with Crippen LogP contribution in [0.4, 0.5) is 4.79 Å². The highest BCUT2D eigenvalue weighted by Gasteiger charge is 2.29. The zero-order valence-corrected chi connectivity index (χ0v) is 16.5. The summed E-state index contributed by atoms with van der Waals surface area (Å²) in [6.45, 7) is 0.350. The van der Waals surface area contributed by atoms with E-state index in [-0.39, 0.29) is 19.1 Å². The van der Waals surface area contributed by atoms with Gasteiger partial charge in [0.05, 0.1) is 5.92 Å². The van der Waals surface area contributed by atoms with Gasteiger partial charge in [-0.1, -0.05) is 74.2 Å². The number of hydrogen-bond acceptors (Lipinski definition) is 3. The average Bonchev–Trinajstić information content (AvgIpc) is 3.35. The van der Waals surface area contributed by atoms with Crippen molar-refractivity contribution in [1.29, 1.82) is 0 Å². The number of nitrogens with one attached hydrogen (secondary N) is 1. The van der Waals surface area contributed by atoms with Crippen molar-refractivity contribution < 1.29 is 19.4 Å². The van der Waals surface area contributed by atoms with Gasteiger partial charge in [0.2, 0.25) is 0 Å². The molecule has 0 bridgehead atoms. The summed E-state index contributed by atoms with van der Waals surface area (Å²) in [5.41, 5.74) is 4.68. The smallest absolute Gasteiger partial charge is 0.407 e. The molecule has 0 heterocycles. The Morgan fingerprint density at radius 2 is 1.59 bits per heavy atom. The monoisotopic (exact) mass is 393 g/mol. The molecule has 5 nitrogen and oxygen atoms in total. The Balaban J connectivity index is 1.34. The maximum Gasteiger partial charge on any atom is 0.407 e. The van der Waals surface area contributed by atoms with Crippen molar-refractivity contribution in [2.45, 2.75) is 38.0 Å². The van der Waals surface area contributed by atoms with Crippen molar-refractivity contribution in [2.24, 2.45) is 11.8 Å². The lowest BCUT2D eigenvalue weighted by atomic mass is 9.93. The van der Waals surface area contributed by atoms with Crippen LogP contribution in [0.3, 0.4) is 0 Å². The number of rotatable bonds is 7. The molecule has 2 aromatic carbocycles. The number of carbonyl (C=O) groups is 2. The Morgan fingerprint density at radius 1 is 1.00 bits per heavy atom. The van der Waals surface area contributed by atoms with E-state index in [1.165, 1.54) is 24.0 Å². The molecular formula is C24H27NO4. The second kappa shape index (κ2) is 8.68. The van der Waals surface area contributed by atoms with Gasteiger partial charge in [-0.05, 0) is 34.6 Å². The van der Waals surface area contributed by atoms with Gasteiger partial charge in [-0.15, -0.1) is 0 Å². The minimum atomic E-state index is -0.851. The van der Waals surface area contributed by atoms with Gasteiger partial charge in [-0.3, -0.25) is 4.79 Å². The third kappa shape index (κ3) is 4.29. The van der Waals surface area contributed by atoms with E-state index < -0.39 is 18.0 Å². The van der Waals surface area contributed by atoms with E-state index in [2.05, 4.69) is 29.6 Å². The Hall–Kier alpha value is -2.82. The summed E-state index contributed by atoms with van der Waals surface area (Å²) in [5.74, 6) is -0.947. The Morgan fingerprint density at radius 3 is 2.17 bits per heavy atom. The van der Waals surface area contributed by atoms with Crippen LogP contribution in [0.2, 0.25) is 0 Å². The molecule has 0 unspecified atom stereocenters. The van der Waals surface area contributed by atoms with E-state index in [0.29, 0.717) is 12.3 Å². The molecule has 5 heteroatoms. The molecule has 2 aliphatic carbocycles. The number of carboxylic acids is 1. The van der Waals surface area contributed by atoms with E-state index in [0.717, 1.165) is 24.0 Å². The van der Waals surface area contributed by atoms with Crippen LogP contribution >= 0.6 is 0 Å². The molecule has 0 aliphatic heterocycles. The molecule has 2 aromatic rings. The molecule has 1 atom stereocenters. The standard InChI is InChI=1S/C24H27NO4/c26-23(27)17(13-16-7-1-2-8-16)14-25-24(28)29-15-22-20-11-5-3-9-18(20)19-10-4-6-12-21(19)22/h3-6,9-12,16-17,22H,1-2,7-8,13-15H2,(H,25,28)(H,26,27)/t17-/m0/s1. The van der Waals surface area contributed by atoms with E-state index >= 15 is 0 Å². The molecule has 0 saturated heterocycles. The van der Waals surface area contributed by atoms with Crippen LogP contribution in [0.15, 0.2) is 48.5 Å². The summed E-state index contributed by atoms with van der Waals surface area (Å²) in [4.78, 5) is 23.8. The third-order valence-corrected chi connectivity index (χ3v) is 6.28. The van der Waals surface area contributed by atoms with E-state index in [1.807, 2.05) is 24.3 Å². The predicted octanol–water partition coefficient (Wildman–Crippen LogP) is 4.81. The van der Waals surface area contributed by atoms with E-state index in [4.69, 9.17) is 4.74 Å². The van der Waals surface area contributed by atoms with Gasteiger partial charge >= 0.3 is 12.1 Å². The molecule has 0 spiro atoms. The van der Waals surface area contributed by atoms with Crippen molar-refractivity contribution in [3.8, 4) is 11.1 Å². The summed E-state index contributed by atoms with van der Waals surface area (Å²) in [7, 11) is 0. The topological polar surface area (TPSA) is 75.6 Å². The van der Waals surface area contributed by atoms with Crippen molar-refractivity contribution in [3.05, 3.63) is 59.7 Å². The lowest BCUT2D eigenvalue weighted by Crippen LogP contribution is -2.34. The Kier molecular flexibility index (Phi) is 5.84. The minimum absolute atomic E-state index is 0.00177. The van der Waals surface area contributed by atoms with Crippen LogP contribution < -0.4 is 5.32 Å². The minimum Gasteiger partial charge on any atom is -0.481 e. The zero-order valence-electron chi connectivity index (χ0n) is 16.5. The summed E-state index contributed by atoms with van der Waals surface area (Å²) in [6, 6.07) is 16.4. The molecule has 2 aliphatic rings. The number of aliphatic carboxylic acids is 1. The fourth-order valence-corrected chi connectivity index (χ4v) is 4.78. The van der Waals surface area contributed by atoms with E-state index in [1.54, 1.807) is 0 Å². The normalized spacial score (nSPS) is 16.8. The molecule has 152 valence electrons. The average molecular weight is 393 g/mol. The van der Waals surface area contributed by atoms with Gasteiger partial charge in [-0.2, -0.15) is 0 Å². The largest absolute Gasteiger partial charge is 0.481 e. The molecule has 1 amide bonds. The predicted molar refractivity (Wildman–Crippen MR) is 111 cm³/mol. The van der Waals surface area contributed by atoms with Gasteiger partial charge < -0.3 is 15.2 Å². The number of amides is 1. The van der Waals surface area contributed by atoms with Gasteiger partial charge in [0.15, 0.2) is 0 Å². The van der Waals surface area contributed by atoms with Crippen LogP contribution in [0.5, 0.6) is 0 Å². The molecule has 1 saturated carbocycles. The quantitative estimate of drug-likeness (QED) is 0.708. The zero-order chi connectivity index (χ0) is 20.2.